The van der Waals surface area contributed by atoms with Crippen molar-refractivity contribution in [3.63, 3.8) is 0 Å². The quantitative estimate of drug-likeness (QED) is 0.859. The maximum absolute atomic E-state index is 12.2. The van der Waals surface area contributed by atoms with E-state index in [1.165, 1.54) is 5.56 Å². The number of rotatable bonds is 4. The van der Waals surface area contributed by atoms with Crippen LogP contribution in [0.15, 0.2) is 46.9 Å². The second-order valence-electron chi connectivity index (χ2n) is 5.08. The molecule has 1 N–H and O–H groups in total. The first-order valence-corrected chi connectivity index (χ1v) is 7.55. The lowest BCUT2D eigenvalue weighted by atomic mass is 10.0. The molecule has 0 atom stereocenters. The van der Waals surface area contributed by atoms with E-state index in [-0.39, 0.29) is 5.91 Å². The zero-order valence-electron chi connectivity index (χ0n) is 12.3. The van der Waals surface area contributed by atoms with Crippen molar-refractivity contribution in [1.82, 2.24) is 0 Å². The van der Waals surface area contributed by atoms with Crippen molar-refractivity contribution in [2.75, 3.05) is 12.4 Å². The van der Waals surface area contributed by atoms with Crippen molar-refractivity contribution in [1.29, 1.82) is 0 Å². The first kappa shape index (κ1) is 15.6. The minimum Gasteiger partial charge on any atom is -0.496 e. The predicted molar refractivity (Wildman–Crippen MR) is 89.2 cm³/mol. The first-order chi connectivity index (χ1) is 10.0. The van der Waals surface area contributed by atoms with Gasteiger partial charge in [0, 0.05) is 11.3 Å². The zero-order chi connectivity index (χ0) is 15.4. The molecule has 0 radical (unpaired) electrons. The number of carbonyl (C=O) groups is 1. The summed E-state index contributed by atoms with van der Waals surface area (Å²) >= 11 is 3.38. The Labute approximate surface area is 133 Å². The molecule has 0 spiro atoms. The van der Waals surface area contributed by atoms with Crippen molar-refractivity contribution in [3.05, 3.63) is 58.1 Å². The number of nitrogens with one attached hydrogen (secondary N) is 1. The van der Waals surface area contributed by atoms with Crippen molar-refractivity contribution in [2.45, 2.75) is 19.8 Å². The first-order valence-electron chi connectivity index (χ1n) is 6.76. The fourth-order valence-corrected chi connectivity index (χ4v) is 2.50. The van der Waals surface area contributed by atoms with Gasteiger partial charge >= 0.3 is 0 Å². The highest BCUT2D eigenvalue weighted by Gasteiger charge is 2.09. The van der Waals surface area contributed by atoms with Crippen LogP contribution in [0.5, 0.6) is 5.75 Å². The van der Waals surface area contributed by atoms with Crippen LogP contribution < -0.4 is 10.1 Å². The molecule has 2 aromatic carbocycles. The van der Waals surface area contributed by atoms with Crippen molar-refractivity contribution < 1.29 is 9.53 Å². The van der Waals surface area contributed by atoms with Crippen LogP contribution in [0, 0.1) is 0 Å². The molecule has 0 unspecified atom stereocenters. The molecule has 0 aliphatic rings. The number of carbonyl (C=O) groups excluding carboxylic acids is 1. The lowest BCUT2D eigenvalue weighted by Gasteiger charge is -2.09. The number of anilines is 1. The van der Waals surface area contributed by atoms with Crippen LogP contribution in [0.25, 0.3) is 0 Å². The summed E-state index contributed by atoms with van der Waals surface area (Å²) in [6, 6.07) is 13.2. The Kier molecular flexibility index (Phi) is 5.02. The molecule has 0 fully saturated rings. The second kappa shape index (κ2) is 6.76. The van der Waals surface area contributed by atoms with E-state index < -0.39 is 0 Å². The van der Waals surface area contributed by atoms with Gasteiger partial charge in [-0.3, -0.25) is 4.79 Å². The second-order valence-corrected chi connectivity index (χ2v) is 5.93. The van der Waals surface area contributed by atoms with Gasteiger partial charge in [0.25, 0.3) is 5.91 Å². The minimum atomic E-state index is -0.143. The SMILES string of the molecule is COc1ccc(C(=O)Nc2ccc(C(C)C)cc2)cc1Br. The van der Waals surface area contributed by atoms with E-state index in [1.807, 2.05) is 24.3 Å². The molecule has 0 saturated heterocycles. The zero-order valence-corrected chi connectivity index (χ0v) is 13.9. The standard InChI is InChI=1S/C17H18BrNO2/c1-11(2)12-4-7-14(8-5-12)19-17(20)13-6-9-16(21-3)15(18)10-13/h4-11H,1-3H3,(H,19,20). The fraction of sp³-hybridized carbons (Fsp3) is 0.235. The fourth-order valence-electron chi connectivity index (χ4n) is 1.96. The van der Waals surface area contributed by atoms with Gasteiger partial charge in [0.15, 0.2) is 0 Å². The summed E-state index contributed by atoms with van der Waals surface area (Å²) in [5.41, 5.74) is 2.62. The van der Waals surface area contributed by atoms with Crippen LogP contribution in [0.4, 0.5) is 5.69 Å². The van der Waals surface area contributed by atoms with E-state index in [2.05, 4.69) is 35.1 Å². The molecule has 3 nitrogen and oxygen atoms in total. The topological polar surface area (TPSA) is 38.3 Å². The summed E-state index contributed by atoms with van der Waals surface area (Å²) in [4.78, 5) is 12.2. The van der Waals surface area contributed by atoms with E-state index in [0.29, 0.717) is 17.2 Å². The Balaban J connectivity index is 2.12. The minimum absolute atomic E-state index is 0.143. The Morgan fingerprint density at radius 2 is 1.81 bits per heavy atom. The van der Waals surface area contributed by atoms with Gasteiger partial charge in [0.1, 0.15) is 5.75 Å². The van der Waals surface area contributed by atoms with Gasteiger partial charge in [0.05, 0.1) is 11.6 Å². The van der Waals surface area contributed by atoms with Crippen molar-refractivity contribution in [2.24, 2.45) is 0 Å². The Hall–Kier alpha value is -1.81. The van der Waals surface area contributed by atoms with Gasteiger partial charge < -0.3 is 10.1 Å². The highest BCUT2D eigenvalue weighted by Crippen LogP contribution is 2.26. The third-order valence-electron chi connectivity index (χ3n) is 3.25. The van der Waals surface area contributed by atoms with Crippen LogP contribution in [0.2, 0.25) is 0 Å². The number of ether oxygens (including phenoxy) is 1. The average molecular weight is 348 g/mol. The van der Waals surface area contributed by atoms with Crippen molar-refractivity contribution in [3.8, 4) is 5.75 Å². The molecule has 21 heavy (non-hydrogen) atoms. The normalized spacial score (nSPS) is 10.5. The van der Waals surface area contributed by atoms with Gasteiger partial charge in [-0.25, -0.2) is 0 Å². The molecule has 4 heteroatoms. The van der Waals surface area contributed by atoms with Gasteiger partial charge in [-0.1, -0.05) is 26.0 Å². The maximum Gasteiger partial charge on any atom is 0.255 e. The lowest BCUT2D eigenvalue weighted by Crippen LogP contribution is -2.12. The maximum atomic E-state index is 12.2. The van der Waals surface area contributed by atoms with E-state index in [0.717, 1.165) is 10.2 Å². The summed E-state index contributed by atoms with van der Waals surface area (Å²) in [6.45, 7) is 4.28. The lowest BCUT2D eigenvalue weighted by molar-refractivity contribution is 0.102. The Morgan fingerprint density at radius 1 is 1.14 bits per heavy atom. The number of hydrogen-bond acceptors (Lipinski definition) is 2. The molecule has 0 saturated carbocycles. The van der Waals surface area contributed by atoms with E-state index >= 15 is 0 Å². The van der Waals surface area contributed by atoms with Gasteiger partial charge in [-0.2, -0.15) is 0 Å². The Morgan fingerprint density at radius 3 is 2.33 bits per heavy atom. The van der Waals surface area contributed by atoms with E-state index in [4.69, 9.17) is 4.74 Å². The van der Waals surface area contributed by atoms with Crippen LogP contribution in [0.3, 0.4) is 0 Å². The van der Waals surface area contributed by atoms with Crippen LogP contribution in [0.1, 0.15) is 35.7 Å². The molecule has 0 aliphatic carbocycles. The van der Waals surface area contributed by atoms with Gasteiger partial charge in [-0.15, -0.1) is 0 Å². The average Bonchev–Trinajstić information content (AvgIpc) is 2.47. The van der Waals surface area contributed by atoms with Crippen molar-refractivity contribution >= 4 is 27.5 Å². The molecule has 2 rings (SSSR count). The molecular formula is C17H18BrNO2. The summed E-state index contributed by atoms with van der Waals surface area (Å²) in [5, 5.41) is 2.89. The predicted octanol–water partition coefficient (Wildman–Crippen LogP) is 4.83. The summed E-state index contributed by atoms with van der Waals surface area (Å²) in [5.74, 6) is 1.04. The van der Waals surface area contributed by atoms with Crippen LogP contribution in [-0.4, -0.2) is 13.0 Å². The summed E-state index contributed by atoms with van der Waals surface area (Å²) in [6.07, 6.45) is 0. The number of halogens is 1. The number of methoxy groups -OCH3 is 1. The third kappa shape index (κ3) is 3.85. The Bertz CT molecular complexity index is 636. The molecule has 0 aliphatic heterocycles. The molecule has 2 aromatic rings. The van der Waals surface area contributed by atoms with Gasteiger partial charge in [-0.05, 0) is 57.7 Å². The molecule has 110 valence electrons. The van der Waals surface area contributed by atoms with E-state index in [9.17, 15) is 4.79 Å². The smallest absolute Gasteiger partial charge is 0.255 e. The largest absolute Gasteiger partial charge is 0.496 e. The number of amides is 1. The summed E-state index contributed by atoms with van der Waals surface area (Å²) in [7, 11) is 1.59. The highest BCUT2D eigenvalue weighted by molar-refractivity contribution is 9.10. The molecule has 0 heterocycles. The number of benzene rings is 2. The monoisotopic (exact) mass is 347 g/mol. The van der Waals surface area contributed by atoms with Crippen LogP contribution >= 0.6 is 15.9 Å². The summed E-state index contributed by atoms with van der Waals surface area (Å²) < 4.78 is 5.91. The van der Waals surface area contributed by atoms with E-state index in [1.54, 1.807) is 25.3 Å². The number of hydrogen-bond donors (Lipinski definition) is 1. The molecule has 1 amide bonds. The molecule has 0 bridgehead atoms. The highest BCUT2D eigenvalue weighted by atomic mass is 79.9. The molecule has 0 aromatic heterocycles. The van der Waals surface area contributed by atoms with Gasteiger partial charge in [0.2, 0.25) is 0 Å². The molecular weight excluding hydrogens is 330 g/mol. The third-order valence-corrected chi connectivity index (χ3v) is 3.87. The van der Waals surface area contributed by atoms with Crippen LogP contribution in [-0.2, 0) is 0 Å².